The highest BCUT2D eigenvalue weighted by molar-refractivity contribution is 5.29. The van der Waals surface area contributed by atoms with Crippen molar-refractivity contribution in [3.05, 3.63) is 71.3 Å². The van der Waals surface area contributed by atoms with Crippen LogP contribution in [0.1, 0.15) is 35.2 Å². The zero-order valence-electron chi connectivity index (χ0n) is 12.0. The second-order valence-electron chi connectivity index (χ2n) is 5.17. The van der Waals surface area contributed by atoms with Crippen LogP contribution in [-0.4, -0.2) is 25.3 Å². The van der Waals surface area contributed by atoms with Crippen molar-refractivity contribution in [3.63, 3.8) is 0 Å². The van der Waals surface area contributed by atoms with E-state index in [2.05, 4.69) is 20.2 Å². The van der Waals surface area contributed by atoms with Gasteiger partial charge < -0.3 is 10.1 Å². The second kappa shape index (κ2) is 6.53. The summed E-state index contributed by atoms with van der Waals surface area (Å²) in [6, 6.07) is 8.72. The Balaban J connectivity index is 1.66. The van der Waals surface area contributed by atoms with Gasteiger partial charge in [0.2, 0.25) is 0 Å². The molecule has 3 aromatic rings. The van der Waals surface area contributed by atoms with Gasteiger partial charge in [0.25, 0.3) is 0 Å². The van der Waals surface area contributed by atoms with Crippen molar-refractivity contribution in [3.8, 4) is 0 Å². The van der Waals surface area contributed by atoms with Gasteiger partial charge in [-0.05, 0) is 36.1 Å². The largest absolute Gasteiger partial charge is 0.385 e. The Hall–Kier alpha value is -2.47. The zero-order chi connectivity index (χ0) is 15.4. The molecule has 2 heterocycles. The van der Waals surface area contributed by atoms with Crippen LogP contribution < -0.4 is 0 Å². The van der Waals surface area contributed by atoms with Gasteiger partial charge in [-0.25, -0.2) is 9.37 Å². The van der Waals surface area contributed by atoms with Gasteiger partial charge in [0, 0.05) is 18.3 Å². The maximum atomic E-state index is 13.7. The number of aliphatic hydroxyl groups is 1. The van der Waals surface area contributed by atoms with E-state index in [-0.39, 0.29) is 5.82 Å². The third-order valence-electron chi connectivity index (χ3n) is 3.69. The lowest BCUT2D eigenvalue weighted by Crippen LogP contribution is -2.03. The molecular formula is C16H17FN4O. The molecule has 22 heavy (non-hydrogen) atoms. The zero-order valence-corrected chi connectivity index (χ0v) is 12.0. The summed E-state index contributed by atoms with van der Waals surface area (Å²) in [6.07, 6.45) is 4.24. The van der Waals surface area contributed by atoms with Gasteiger partial charge in [0.05, 0.1) is 0 Å². The number of hydrogen-bond acceptors (Lipinski definition) is 3. The number of aliphatic hydroxyl groups excluding tert-OH is 1. The highest BCUT2D eigenvalue weighted by Gasteiger charge is 2.13. The predicted molar refractivity (Wildman–Crippen MR) is 79.7 cm³/mol. The molecule has 114 valence electrons. The van der Waals surface area contributed by atoms with Gasteiger partial charge in [-0.15, -0.1) is 0 Å². The Kier molecular flexibility index (Phi) is 4.29. The molecule has 0 amide bonds. The molecule has 1 unspecified atom stereocenters. The molecule has 0 aliphatic carbocycles. The molecule has 6 heteroatoms. The average Bonchev–Trinajstić information content (AvgIpc) is 3.19. The normalized spacial score (nSPS) is 12.5. The van der Waals surface area contributed by atoms with E-state index < -0.39 is 6.10 Å². The van der Waals surface area contributed by atoms with Crippen LogP contribution in [-0.2, 0) is 12.8 Å². The number of benzene rings is 1. The molecule has 0 aliphatic rings. The number of halogens is 1. The summed E-state index contributed by atoms with van der Waals surface area (Å²) < 4.78 is 13.7. The summed E-state index contributed by atoms with van der Waals surface area (Å²) in [5.41, 5.74) is 2.69. The molecule has 2 aromatic heterocycles. The fourth-order valence-electron chi connectivity index (χ4n) is 2.47. The number of hydrogen-bond donors (Lipinski definition) is 3. The van der Waals surface area contributed by atoms with Gasteiger partial charge in [-0.1, -0.05) is 18.2 Å². The van der Waals surface area contributed by atoms with Crippen LogP contribution in [0.25, 0.3) is 0 Å². The smallest absolute Gasteiger partial charge is 0.153 e. The van der Waals surface area contributed by atoms with Crippen LogP contribution in [0.15, 0.2) is 42.9 Å². The Labute approximate surface area is 127 Å². The monoisotopic (exact) mass is 300 g/mol. The molecular weight excluding hydrogens is 283 g/mol. The first kappa shape index (κ1) is 14.5. The molecule has 5 nitrogen and oxygen atoms in total. The van der Waals surface area contributed by atoms with E-state index in [1.807, 2.05) is 18.3 Å². The van der Waals surface area contributed by atoms with Crippen molar-refractivity contribution in [2.75, 3.05) is 0 Å². The van der Waals surface area contributed by atoms with Crippen LogP contribution in [0, 0.1) is 5.82 Å². The fourth-order valence-corrected chi connectivity index (χ4v) is 2.47. The fraction of sp³-hybridized carbons (Fsp3) is 0.250. The van der Waals surface area contributed by atoms with Gasteiger partial charge in [0.15, 0.2) is 5.82 Å². The van der Waals surface area contributed by atoms with E-state index in [0.717, 1.165) is 11.3 Å². The predicted octanol–water partition coefficient (Wildman–Crippen LogP) is 2.53. The van der Waals surface area contributed by atoms with Crippen molar-refractivity contribution < 1.29 is 9.50 Å². The van der Waals surface area contributed by atoms with Gasteiger partial charge in [-0.2, -0.15) is 5.10 Å². The van der Waals surface area contributed by atoms with E-state index in [4.69, 9.17) is 0 Å². The lowest BCUT2D eigenvalue weighted by molar-refractivity contribution is 0.158. The Morgan fingerprint density at radius 2 is 2.05 bits per heavy atom. The molecule has 0 fully saturated rings. The third kappa shape index (κ3) is 3.23. The van der Waals surface area contributed by atoms with E-state index in [1.165, 1.54) is 12.4 Å². The van der Waals surface area contributed by atoms with Crippen molar-refractivity contribution in [1.29, 1.82) is 0 Å². The van der Waals surface area contributed by atoms with Crippen molar-refractivity contribution in [1.82, 2.24) is 20.2 Å². The van der Waals surface area contributed by atoms with Crippen molar-refractivity contribution in [2.24, 2.45) is 0 Å². The minimum absolute atomic E-state index is 0.204. The first-order chi connectivity index (χ1) is 10.7. The molecule has 0 bridgehead atoms. The van der Waals surface area contributed by atoms with Gasteiger partial charge in [0.1, 0.15) is 18.2 Å². The molecule has 0 saturated carbocycles. The van der Waals surface area contributed by atoms with Crippen LogP contribution in [0.3, 0.4) is 0 Å². The number of nitrogens with one attached hydrogen (secondary N) is 2. The minimum Gasteiger partial charge on any atom is -0.385 e. The first-order valence-corrected chi connectivity index (χ1v) is 7.16. The minimum atomic E-state index is -0.682. The first-order valence-electron chi connectivity index (χ1n) is 7.16. The lowest BCUT2D eigenvalue weighted by atomic mass is 10.0. The van der Waals surface area contributed by atoms with E-state index >= 15 is 0 Å². The number of rotatable bonds is 6. The summed E-state index contributed by atoms with van der Waals surface area (Å²) in [5.74, 6) is 0.260. The van der Waals surface area contributed by atoms with Crippen molar-refractivity contribution >= 4 is 0 Å². The highest BCUT2D eigenvalue weighted by atomic mass is 19.1. The summed E-state index contributed by atoms with van der Waals surface area (Å²) >= 11 is 0. The Morgan fingerprint density at radius 1 is 1.18 bits per heavy atom. The van der Waals surface area contributed by atoms with E-state index in [9.17, 15) is 9.50 Å². The van der Waals surface area contributed by atoms with Crippen LogP contribution in [0.2, 0.25) is 0 Å². The topological polar surface area (TPSA) is 77.6 Å². The highest BCUT2D eigenvalue weighted by Crippen LogP contribution is 2.20. The molecule has 0 saturated heterocycles. The lowest BCUT2D eigenvalue weighted by Gasteiger charge is -2.08. The molecule has 3 N–H and O–H groups in total. The third-order valence-corrected chi connectivity index (χ3v) is 3.69. The van der Waals surface area contributed by atoms with Crippen LogP contribution in [0.5, 0.6) is 0 Å². The Bertz CT molecular complexity index is 723. The SMILES string of the molecule is OC(CCc1cc[nH]c1Cc1ccccc1F)c1ncn[nH]1. The number of aromatic amines is 2. The Morgan fingerprint density at radius 3 is 2.82 bits per heavy atom. The molecule has 0 radical (unpaired) electrons. The molecule has 0 aliphatic heterocycles. The summed E-state index contributed by atoms with van der Waals surface area (Å²) in [4.78, 5) is 7.10. The maximum Gasteiger partial charge on any atom is 0.153 e. The summed E-state index contributed by atoms with van der Waals surface area (Å²) in [6.45, 7) is 0. The summed E-state index contributed by atoms with van der Waals surface area (Å²) in [5, 5.41) is 16.4. The average molecular weight is 300 g/mol. The quantitative estimate of drug-likeness (QED) is 0.654. The van der Waals surface area contributed by atoms with Crippen LogP contribution >= 0.6 is 0 Å². The maximum absolute atomic E-state index is 13.7. The number of H-pyrrole nitrogens is 2. The van der Waals surface area contributed by atoms with Gasteiger partial charge in [-0.3, -0.25) is 5.10 Å². The van der Waals surface area contributed by atoms with E-state index in [1.54, 1.807) is 12.1 Å². The molecule has 3 rings (SSSR count). The van der Waals surface area contributed by atoms with Crippen molar-refractivity contribution in [2.45, 2.75) is 25.4 Å². The number of nitrogens with zero attached hydrogens (tertiary/aromatic N) is 2. The standard InChI is InChI=1S/C16H17FN4O/c17-13-4-2-1-3-12(13)9-14-11(7-8-18-14)5-6-15(22)16-19-10-20-21-16/h1-4,7-8,10,15,18,22H,5-6,9H2,(H,19,20,21). The number of aromatic nitrogens is 4. The summed E-state index contributed by atoms with van der Waals surface area (Å²) in [7, 11) is 0. The number of aryl methyl sites for hydroxylation is 1. The van der Waals surface area contributed by atoms with Crippen LogP contribution in [0.4, 0.5) is 4.39 Å². The second-order valence-corrected chi connectivity index (χ2v) is 5.17. The molecule has 1 atom stereocenters. The van der Waals surface area contributed by atoms with E-state index in [0.29, 0.717) is 30.7 Å². The molecule has 1 aromatic carbocycles. The van der Waals surface area contributed by atoms with Gasteiger partial charge >= 0.3 is 0 Å². The molecule has 0 spiro atoms.